The molecule has 0 saturated carbocycles. The number of carboxylic acid groups (broad SMARTS) is 1. The van der Waals surface area contributed by atoms with Crippen molar-refractivity contribution in [1.82, 2.24) is 10.1 Å². The fraction of sp³-hybridized carbons (Fsp3) is 0.571. The summed E-state index contributed by atoms with van der Waals surface area (Å²) >= 11 is 0. The average Bonchev–Trinajstić information content (AvgIpc) is 2.32. The van der Waals surface area contributed by atoms with E-state index >= 15 is 0 Å². The predicted molar refractivity (Wildman–Crippen MR) is 41.7 cm³/mol. The van der Waals surface area contributed by atoms with E-state index in [-0.39, 0.29) is 11.4 Å². The van der Waals surface area contributed by atoms with Crippen LogP contribution in [0.4, 0.5) is 4.79 Å². The van der Waals surface area contributed by atoms with Crippen LogP contribution in [0.3, 0.4) is 0 Å². The number of hydrogen-bond acceptors (Lipinski definition) is 5. The molecule has 1 heterocycles. The Bertz CT molecular complexity index is 313. The van der Waals surface area contributed by atoms with Gasteiger partial charge in [0.05, 0.1) is 0 Å². The van der Waals surface area contributed by atoms with Gasteiger partial charge in [-0.2, -0.15) is 4.98 Å². The van der Waals surface area contributed by atoms with Gasteiger partial charge in [0, 0.05) is 5.41 Å². The summed E-state index contributed by atoms with van der Waals surface area (Å²) in [6.45, 7) is 5.60. The molecule has 0 radical (unpaired) electrons. The molecule has 1 aromatic rings. The van der Waals surface area contributed by atoms with E-state index in [9.17, 15) is 4.79 Å². The summed E-state index contributed by atoms with van der Waals surface area (Å²) in [5, 5.41) is 11.6. The maximum absolute atomic E-state index is 10.1. The lowest BCUT2D eigenvalue weighted by molar-refractivity contribution is 0.138. The third kappa shape index (κ3) is 2.43. The number of hydrogen-bond donors (Lipinski definition) is 1. The Hall–Kier alpha value is -1.59. The summed E-state index contributed by atoms with van der Waals surface area (Å²) in [6.07, 6.45) is -1.46. The minimum Gasteiger partial charge on any atom is -0.449 e. The van der Waals surface area contributed by atoms with Gasteiger partial charge in [-0.3, -0.25) is 0 Å². The highest BCUT2D eigenvalue weighted by Crippen LogP contribution is 2.21. The first-order valence-electron chi connectivity index (χ1n) is 3.64. The maximum Gasteiger partial charge on any atom is 0.513 e. The summed E-state index contributed by atoms with van der Waals surface area (Å²) in [7, 11) is 0. The topological polar surface area (TPSA) is 85.5 Å². The average molecular weight is 186 g/mol. The van der Waals surface area contributed by atoms with E-state index in [0.717, 1.165) is 0 Å². The molecule has 1 rings (SSSR count). The molecule has 0 amide bonds. The number of carbonyl (C=O) groups is 1. The predicted octanol–water partition coefficient (Wildman–Crippen LogP) is 1.42. The van der Waals surface area contributed by atoms with Crippen molar-refractivity contribution in [3.05, 3.63) is 5.89 Å². The molecular weight excluding hydrogens is 176 g/mol. The SMILES string of the molecule is CC(C)(C)c1nc(OC(=O)O)no1. The molecule has 0 aliphatic carbocycles. The van der Waals surface area contributed by atoms with Crippen molar-refractivity contribution < 1.29 is 19.2 Å². The number of nitrogens with zero attached hydrogens (tertiary/aromatic N) is 2. The number of ether oxygens (including phenoxy) is 1. The van der Waals surface area contributed by atoms with Crippen molar-refractivity contribution in [3.63, 3.8) is 0 Å². The van der Waals surface area contributed by atoms with Gasteiger partial charge in [0.1, 0.15) is 0 Å². The zero-order valence-electron chi connectivity index (χ0n) is 7.57. The fourth-order valence-electron chi connectivity index (χ4n) is 0.634. The molecule has 72 valence electrons. The maximum atomic E-state index is 10.1. The minimum atomic E-state index is -1.46. The second kappa shape index (κ2) is 3.04. The van der Waals surface area contributed by atoms with E-state index in [4.69, 9.17) is 9.63 Å². The molecule has 6 heteroatoms. The standard InChI is InChI=1S/C7H10N2O4/c1-7(2,3)4-8-5(9-13-4)12-6(10)11/h1-3H3,(H,10,11). The van der Waals surface area contributed by atoms with Crippen LogP contribution in [0.15, 0.2) is 4.52 Å². The highest BCUT2D eigenvalue weighted by atomic mass is 16.7. The second-order valence-corrected chi connectivity index (χ2v) is 3.50. The van der Waals surface area contributed by atoms with Crippen LogP contribution in [0.5, 0.6) is 6.01 Å². The smallest absolute Gasteiger partial charge is 0.449 e. The van der Waals surface area contributed by atoms with E-state index in [2.05, 4.69) is 14.9 Å². The monoisotopic (exact) mass is 186 g/mol. The minimum absolute atomic E-state index is 0.280. The van der Waals surface area contributed by atoms with E-state index in [1.54, 1.807) is 0 Å². The third-order valence-corrected chi connectivity index (χ3v) is 1.23. The van der Waals surface area contributed by atoms with Crippen LogP contribution in [0.25, 0.3) is 0 Å². The van der Waals surface area contributed by atoms with Crippen molar-refractivity contribution >= 4 is 6.16 Å². The van der Waals surface area contributed by atoms with Gasteiger partial charge < -0.3 is 14.4 Å². The largest absolute Gasteiger partial charge is 0.513 e. The Labute approximate surface area is 74.5 Å². The summed E-state index contributed by atoms with van der Waals surface area (Å²) in [6, 6.07) is -0.280. The van der Waals surface area contributed by atoms with Crippen molar-refractivity contribution in [2.45, 2.75) is 26.2 Å². The molecule has 13 heavy (non-hydrogen) atoms. The molecule has 0 unspecified atom stereocenters. The fourth-order valence-corrected chi connectivity index (χ4v) is 0.634. The highest BCUT2D eigenvalue weighted by Gasteiger charge is 2.22. The van der Waals surface area contributed by atoms with Crippen molar-refractivity contribution in [2.24, 2.45) is 0 Å². The van der Waals surface area contributed by atoms with Gasteiger partial charge in [0.25, 0.3) is 0 Å². The van der Waals surface area contributed by atoms with Gasteiger partial charge in [-0.05, 0) is 5.16 Å². The van der Waals surface area contributed by atoms with Crippen molar-refractivity contribution in [2.75, 3.05) is 0 Å². The van der Waals surface area contributed by atoms with Gasteiger partial charge in [-0.25, -0.2) is 4.79 Å². The first-order valence-corrected chi connectivity index (χ1v) is 3.64. The quantitative estimate of drug-likeness (QED) is 0.667. The molecule has 0 fully saturated rings. The molecule has 6 nitrogen and oxygen atoms in total. The lowest BCUT2D eigenvalue weighted by atomic mass is 9.97. The van der Waals surface area contributed by atoms with Gasteiger partial charge in [-0.15, -0.1) is 0 Å². The van der Waals surface area contributed by atoms with Crippen molar-refractivity contribution in [3.8, 4) is 6.01 Å². The molecule has 0 bridgehead atoms. The summed E-state index contributed by atoms with van der Waals surface area (Å²) in [4.78, 5) is 13.8. The van der Waals surface area contributed by atoms with Crippen LogP contribution >= 0.6 is 0 Å². The van der Waals surface area contributed by atoms with Crippen molar-refractivity contribution in [1.29, 1.82) is 0 Å². The number of aromatic nitrogens is 2. The summed E-state index contributed by atoms with van der Waals surface area (Å²) in [5.74, 6) is 0.337. The van der Waals surface area contributed by atoms with Crippen LogP contribution in [-0.2, 0) is 5.41 Å². The zero-order valence-corrected chi connectivity index (χ0v) is 7.57. The Morgan fingerprint density at radius 2 is 2.15 bits per heavy atom. The van der Waals surface area contributed by atoms with Crippen LogP contribution < -0.4 is 4.74 Å². The van der Waals surface area contributed by atoms with E-state index < -0.39 is 6.16 Å². The Morgan fingerprint density at radius 1 is 1.54 bits per heavy atom. The Morgan fingerprint density at radius 3 is 2.54 bits per heavy atom. The molecule has 0 aliphatic heterocycles. The molecule has 0 saturated heterocycles. The Balaban J connectivity index is 2.81. The van der Waals surface area contributed by atoms with Crippen LogP contribution in [-0.4, -0.2) is 21.4 Å². The van der Waals surface area contributed by atoms with Crippen LogP contribution in [0.1, 0.15) is 26.7 Å². The lowest BCUT2D eigenvalue weighted by Crippen LogP contribution is -2.11. The molecular formula is C7H10N2O4. The Kier molecular flexibility index (Phi) is 2.22. The number of rotatable bonds is 1. The molecule has 1 N–H and O–H groups in total. The molecule has 0 aromatic carbocycles. The van der Waals surface area contributed by atoms with Crippen LogP contribution in [0.2, 0.25) is 0 Å². The lowest BCUT2D eigenvalue weighted by Gasteiger charge is -2.09. The zero-order chi connectivity index (χ0) is 10.1. The summed E-state index contributed by atoms with van der Waals surface area (Å²) in [5.41, 5.74) is -0.312. The first kappa shape index (κ1) is 9.50. The summed E-state index contributed by atoms with van der Waals surface area (Å²) < 4.78 is 8.97. The highest BCUT2D eigenvalue weighted by molar-refractivity contribution is 5.59. The van der Waals surface area contributed by atoms with Gasteiger partial charge in [-0.1, -0.05) is 20.8 Å². The van der Waals surface area contributed by atoms with Crippen LogP contribution in [0, 0.1) is 0 Å². The molecule has 0 aliphatic rings. The normalized spacial score (nSPS) is 11.3. The van der Waals surface area contributed by atoms with Gasteiger partial charge >= 0.3 is 12.2 Å². The first-order chi connectivity index (χ1) is 5.89. The second-order valence-electron chi connectivity index (χ2n) is 3.50. The molecule has 0 atom stereocenters. The van der Waals surface area contributed by atoms with E-state index in [1.807, 2.05) is 20.8 Å². The molecule has 0 spiro atoms. The molecule has 1 aromatic heterocycles. The van der Waals surface area contributed by atoms with E-state index in [0.29, 0.717) is 5.89 Å². The third-order valence-electron chi connectivity index (χ3n) is 1.23. The van der Waals surface area contributed by atoms with Gasteiger partial charge in [0.2, 0.25) is 5.89 Å². The van der Waals surface area contributed by atoms with E-state index in [1.165, 1.54) is 0 Å². The van der Waals surface area contributed by atoms with Gasteiger partial charge in [0.15, 0.2) is 0 Å².